The Morgan fingerprint density at radius 3 is 3.10 bits per heavy atom. The van der Waals surface area contributed by atoms with Crippen molar-refractivity contribution in [1.29, 1.82) is 0 Å². The van der Waals surface area contributed by atoms with E-state index in [1.54, 1.807) is 6.20 Å². The molecule has 0 fully saturated rings. The summed E-state index contributed by atoms with van der Waals surface area (Å²) in [4.78, 5) is 6.77. The number of imidazole rings is 1. The van der Waals surface area contributed by atoms with E-state index in [0.29, 0.717) is 12.5 Å². The van der Waals surface area contributed by atoms with E-state index in [-0.39, 0.29) is 6.61 Å². The maximum absolute atomic E-state index is 8.38. The van der Waals surface area contributed by atoms with E-state index in [2.05, 4.69) is 9.97 Å². The fourth-order valence-corrected chi connectivity index (χ4v) is 0.627. The number of nitrogens with one attached hydrogen (secondary N) is 1. The first-order valence-corrected chi connectivity index (χ1v) is 3.08. The van der Waals surface area contributed by atoms with Crippen molar-refractivity contribution in [2.24, 2.45) is 0 Å². The molecule has 2 N–H and O–H groups in total. The number of H-pyrrole nitrogens is 1. The molecule has 1 aromatic rings. The van der Waals surface area contributed by atoms with Gasteiger partial charge in [0.1, 0.15) is 12.4 Å². The van der Waals surface area contributed by atoms with Crippen LogP contribution in [0.3, 0.4) is 0 Å². The van der Waals surface area contributed by atoms with Crippen LogP contribution in [0.1, 0.15) is 5.82 Å². The highest BCUT2D eigenvalue weighted by Gasteiger charge is 1.94. The van der Waals surface area contributed by atoms with Crippen molar-refractivity contribution < 1.29 is 9.84 Å². The molecule has 0 saturated heterocycles. The molecule has 0 amide bonds. The zero-order chi connectivity index (χ0) is 7.40. The highest BCUT2D eigenvalue weighted by Crippen LogP contribution is 2.03. The second kappa shape index (κ2) is 3.22. The van der Waals surface area contributed by atoms with Crippen molar-refractivity contribution in [2.45, 2.75) is 6.92 Å². The van der Waals surface area contributed by atoms with Gasteiger partial charge in [-0.15, -0.1) is 0 Å². The Morgan fingerprint density at radius 1 is 1.80 bits per heavy atom. The minimum Gasteiger partial charge on any atom is -0.475 e. The lowest BCUT2D eigenvalue weighted by atomic mass is 10.7. The lowest BCUT2D eigenvalue weighted by molar-refractivity contribution is 0.197. The minimum absolute atomic E-state index is 0.0259. The Morgan fingerprint density at radius 2 is 2.60 bits per heavy atom. The molecule has 1 heterocycles. The van der Waals surface area contributed by atoms with Crippen LogP contribution in [-0.2, 0) is 0 Å². The van der Waals surface area contributed by atoms with Crippen LogP contribution < -0.4 is 4.74 Å². The minimum atomic E-state index is 0.0259. The second-order valence-corrected chi connectivity index (χ2v) is 1.90. The summed E-state index contributed by atoms with van der Waals surface area (Å²) in [7, 11) is 0. The lowest BCUT2D eigenvalue weighted by Crippen LogP contribution is -2.01. The fourth-order valence-electron chi connectivity index (χ4n) is 0.627. The van der Waals surface area contributed by atoms with Crippen LogP contribution in [0.15, 0.2) is 6.20 Å². The van der Waals surface area contributed by atoms with Crippen molar-refractivity contribution in [3.05, 3.63) is 12.0 Å². The number of aromatic nitrogens is 2. The third kappa shape index (κ3) is 1.73. The Bertz CT molecular complexity index is 197. The number of rotatable bonds is 3. The van der Waals surface area contributed by atoms with Crippen LogP contribution in [-0.4, -0.2) is 28.3 Å². The van der Waals surface area contributed by atoms with E-state index in [1.165, 1.54) is 0 Å². The van der Waals surface area contributed by atoms with Crippen molar-refractivity contribution in [2.75, 3.05) is 13.2 Å². The summed E-state index contributed by atoms with van der Waals surface area (Å²) in [6.07, 6.45) is 1.59. The maximum atomic E-state index is 8.38. The zero-order valence-electron chi connectivity index (χ0n) is 5.79. The van der Waals surface area contributed by atoms with Crippen molar-refractivity contribution in [3.63, 3.8) is 0 Å². The monoisotopic (exact) mass is 142 g/mol. The maximum Gasteiger partial charge on any atom is 0.211 e. The van der Waals surface area contributed by atoms with Gasteiger partial charge in [-0.1, -0.05) is 0 Å². The van der Waals surface area contributed by atoms with Gasteiger partial charge in [-0.05, 0) is 6.92 Å². The Kier molecular flexibility index (Phi) is 2.28. The molecule has 0 spiro atoms. The van der Waals surface area contributed by atoms with Gasteiger partial charge in [-0.25, -0.2) is 4.98 Å². The summed E-state index contributed by atoms with van der Waals surface area (Å²) >= 11 is 0. The number of nitrogens with zero attached hydrogens (tertiary/aromatic N) is 1. The Hall–Kier alpha value is -1.03. The van der Waals surface area contributed by atoms with Crippen molar-refractivity contribution in [1.82, 2.24) is 9.97 Å². The molecule has 1 rings (SSSR count). The van der Waals surface area contributed by atoms with E-state index in [1.807, 2.05) is 6.92 Å². The number of aliphatic hydroxyl groups is 1. The van der Waals surface area contributed by atoms with E-state index in [4.69, 9.17) is 9.84 Å². The summed E-state index contributed by atoms with van der Waals surface area (Å²) in [6.45, 7) is 2.17. The summed E-state index contributed by atoms with van der Waals surface area (Å²) in [6, 6.07) is 0. The van der Waals surface area contributed by atoms with Gasteiger partial charge in [0.25, 0.3) is 0 Å². The lowest BCUT2D eigenvalue weighted by Gasteiger charge is -1.97. The molecule has 0 atom stereocenters. The topological polar surface area (TPSA) is 58.1 Å². The smallest absolute Gasteiger partial charge is 0.211 e. The summed E-state index contributed by atoms with van der Waals surface area (Å²) in [5.74, 6) is 1.42. The predicted octanol–water partition coefficient (Wildman–Crippen LogP) is 0.0892. The average Bonchev–Trinajstić information content (AvgIpc) is 2.31. The molecular weight excluding hydrogens is 132 g/mol. The first-order chi connectivity index (χ1) is 4.83. The first kappa shape index (κ1) is 7.08. The number of aryl methyl sites for hydroxylation is 1. The fraction of sp³-hybridized carbons (Fsp3) is 0.500. The standard InChI is InChI=1S/C6H10N2O2/c1-5-7-4-6(8-5)10-3-2-9/h4,9H,2-3H2,1H3,(H,7,8). The molecular formula is C6H10N2O2. The number of ether oxygens (including phenoxy) is 1. The molecule has 0 saturated carbocycles. The van der Waals surface area contributed by atoms with Crippen LogP contribution in [0.25, 0.3) is 0 Å². The van der Waals surface area contributed by atoms with Gasteiger partial charge in [0.2, 0.25) is 5.88 Å². The van der Waals surface area contributed by atoms with Gasteiger partial charge in [0.15, 0.2) is 0 Å². The molecule has 4 heteroatoms. The van der Waals surface area contributed by atoms with Gasteiger partial charge >= 0.3 is 0 Å². The molecule has 0 aliphatic heterocycles. The quantitative estimate of drug-likeness (QED) is 0.628. The summed E-state index contributed by atoms with van der Waals surface area (Å²) in [5, 5.41) is 8.38. The number of hydrogen-bond acceptors (Lipinski definition) is 3. The summed E-state index contributed by atoms with van der Waals surface area (Å²) < 4.78 is 5.01. The SMILES string of the molecule is Cc1ncc(OCCO)[nH]1. The van der Waals surface area contributed by atoms with Gasteiger partial charge < -0.3 is 14.8 Å². The van der Waals surface area contributed by atoms with Crippen LogP contribution in [0.2, 0.25) is 0 Å². The predicted molar refractivity (Wildman–Crippen MR) is 35.9 cm³/mol. The molecule has 0 unspecified atom stereocenters. The Labute approximate surface area is 58.9 Å². The van der Waals surface area contributed by atoms with Crippen LogP contribution in [0.5, 0.6) is 5.88 Å². The molecule has 56 valence electrons. The number of hydrogen-bond donors (Lipinski definition) is 2. The third-order valence-corrected chi connectivity index (χ3v) is 1.03. The third-order valence-electron chi connectivity index (χ3n) is 1.03. The number of aliphatic hydroxyl groups excluding tert-OH is 1. The van der Waals surface area contributed by atoms with Crippen molar-refractivity contribution >= 4 is 0 Å². The van der Waals surface area contributed by atoms with Gasteiger partial charge in [0, 0.05) is 0 Å². The molecule has 0 bridgehead atoms. The van der Waals surface area contributed by atoms with E-state index >= 15 is 0 Å². The van der Waals surface area contributed by atoms with Gasteiger partial charge in [-0.2, -0.15) is 0 Å². The highest BCUT2D eigenvalue weighted by atomic mass is 16.5. The summed E-state index contributed by atoms with van der Waals surface area (Å²) in [5.41, 5.74) is 0. The Balaban J connectivity index is 2.42. The highest BCUT2D eigenvalue weighted by molar-refractivity contribution is 5.05. The van der Waals surface area contributed by atoms with E-state index in [0.717, 1.165) is 5.82 Å². The molecule has 0 radical (unpaired) electrons. The van der Waals surface area contributed by atoms with Crippen LogP contribution >= 0.6 is 0 Å². The molecule has 4 nitrogen and oxygen atoms in total. The largest absolute Gasteiger partial charge is 0.475 e. The second-order valence-electron chi connectivity index (χ2n) is 1.90. The first-order valence-electron chi connectivity index (χ1n) is 3.08. The molecule has 0 aliphatic rings. The molecule has 0 aromatic carbocycles. The van der Waals surface area contributed by atoms with Crippen LogP contribution in [0.4, 0.5) is 0 Å². The normalized spacial score (nSPS) is 9.80. The molecule has 1 aromatic heterocycles. The van der Waals surface area contributed by atoms with Gasteiger partial charge in [-0.3, -0.25) is 0 Å². The average molecular weight is 142 g/mol. The zero-order valence-corrected chi connectivity index (χ0v) is 5.79. The molecule has 0 aliphatic carbocycles. The van der Waals surface area contributed by atoms with Gasteiger partial charge in [0.05, 0.1) is 12.8 Å². The van der Waals surface area contributed by atoms with Crippen molar-refractivity contribution in [3.8, 4) is 5.88 Å². The molecule has 10 heavy (non-hydrogen) atoms. The number of aromatic amines is 1. The van der Waals surface area contributed by atoms with Crippen LogP contribution in [0, 0.1) is 6.92 Å². The van der Waals surface area contributed by atoms with E-state index < -0.39 is 0 Å². The van der Waals surface area contributed by atoms with E-state index in [9.17, 15) is 0 Å².